The molecular weight excluding hydrogens is 254 g/mol. The lowest BCUT2D eigenvalue weighted by molar-refractivity contribution is 0.100. The van der Waals surface area contributed by atoms with Crippen molar-refractivity contribution in [2.45, 2.75) is 13.5 Å². The third-order valence-electron chi connectivity index (χ3n) is 2.94. The fourth-order valence-corrected chi connectivity index (χ4v) is 1.80. The zero-order valence-electron chi connectivity index (χ0n) is 11.5. The SMILES string of the molecule is COc1ccc(C(N)=O)cc1NCc1ccc(C)nc1. The van der Waals surface area contributed by atoms with E-state index in [9.17, 15) is 4.79 Å². The van der Waals surface area contributed by atoms with Gasteiger partial charge in [0.25, 0.3) is 0 Å². The van der Waals surface area contributed by atoms with Crippen LogP contribution in [0.5, 0.6) is 5.75 Å². The Labute approximate surface area is 117 Å². The first-order valence-corrected chi connectivity index (χ1v) is 6.23. The first-order chi connectivity index (χ1) is 9.60. The Bertz CT molecular complexity index is 609. The number of nitrogens with one attached hydrogen (secondary N) is 1. The van der Waals surface area contributed by atoms with Crippen LogP contribution in [0.4, 0.5) is 5.69 Å². The molecule has 5 heteroatoms. The highest BCUT2D eigenvalue weighted by molar-refractivity contribution is 5.94. The van der Waals surface area contributed by atoms with Gasteiger partial charge in [0, 0.05) is 24.0 Å². The molecule has 1 aromatic carbocycles. The number of carbonyl (C=O) groups is 1. The first kappa shape index (κ1) is 13.9. The molecular formula is C15H17N3O2. The third kappa shape index (κ3) is 3.26. The second-order valence-corrected chi connectivity index (χ2v) is 4.44. The van der Waals surface area contributed by atoms with E-state index in [1.165, 1.54) is 0 Å². The van der Waals surface area contributed by atoms with Crippen molar-refractivity contribution in [3.63, 3.8) is 0 Å². The van der Waals surface area contributed by atoms with E-state index >= 15 is 0 Å². The number of nitrogens with zero attached hydrogens (tertiary/aromatic N) is 1. The van der Waals surface area contributed by atoms with E-state index in [0.717, 1.165) is 16.9 Å². The van der Waals surface area contributed by atoms with E-state index in [2.05, 4.69) is 10.3 Å². The van der Waals surface area contributed by atoms with Gasteiger partial charge >= 0.3 is 0 Å². The van der Waals surface area contributed by atoms with E-state index in [0.29, 0.717) is 17.9 Å². The number of methoxy groups -OCH3 is 1. The third-order valence-corrected chi connectivity index (χ3v) is 2.94. The van der Waals surface area contributed by atoms with Gasteiger partial charge in [0.2, 0.25) is 5.91 Å². The molecule has 0 saturated heterocycles. The highest BCUT2D eigenvalue weighted by Crippen LogP contribution is 2.25. The Hall–Kier alpha value is -2.56. The number of benzene rings is 1. The van der Waals surface area contributed by atoms with E-state index in [4.69, 9.17) is 10.5 Å². The van der Waals surface area contributed by atoms with Gasteiger partial charge in [-0.1, -0.05) is 6.07 Å². The van der Waals surface area contributed by atoms with Gasteiger partial charge < -0.3 is 15.8 Å². The molecule has 0 aliphatic carbocycles. The van der Waals surface area contributed by atoms with Crippen LogP contribution in [0.1, 0.15) is 21.6 Å². The number of amides is 1. The smallest absolute Gasteiger partial charge is 0.248 e. The molecule has 0 atom stereocenters. The number of ether oxygens (including phenoxy) is 1. The summed E-state index contributed by atoms with van der Waals surface area (Å²) in [7, 11) is 1.58. The summed E-state index contributed by atoms with van der Waals surface area (Å²) in [5.41, 5.74) is 8.46. The molecule has 0 fully saturated rings. The maximum Gasteiger partial charge on any atom is 0.248 e. The lowest BCUT2D eigenvalue weighted by atomic mass is 10.1. The second-order valence-electron chi connectivity index (χ2n) is 4.44. The minimum absolute atomic E-state index is 0.440. The van der Waals surface area contributed by atoms with Crippen LogP contribution in [0.15, 0.2) is 36.5 Å². The minimum atomic E-state index is -0.465. The lowest BCUT2D eigenvalue weighted by Gasteiger charge is -2.12. The van der Waals surface area contributed by atoms with Gasteiger partial charge in [-0.25, -0.2) is 0 Å². The van der Waals surface area contributed by atoms with Gasteiger partial charge in [-0.15, -0.1) is 0 Å². The summed E-state index contributed by atoms with van der Waals surface area (Å²) in [5.74, 6) is 0.197. The van der Waals surface area contributed by atoms with Crippen LogP contribution < -0.4 is 15.8 Å². The van der Waals surface area contributed by atoms with Crippen molar-refractivity contribution in [3.05, 3.63) is 53.3 Å². The van der Waals surface area contributed by atoms with Gasteiger partial charge in [-0.2, -0.15) is 0 Å². The molecule has 0 saturated carbocycles. The number of pyridine rings is 1. The molecule has 2 rings (SSSR count). The summed E-state index contributed by atoms with van der Waals surface area (Å²) in [5, 5.41) is 3.22. The zero-order chi connectivity index (χ0) is 14.5. The predicted molar refractivity (Wildman–Crippen MR) is 77.8 cm³/mol. The molecule has 1 amide bonds. The van der Waals surface area contributed by atoms with Crippen LogP contribution in [0.2, 0.25) is 0 Å². The number of rotatable bonds is 5. The number of hydrogen-bond acceptors (Lipinski definition) is 4. The van der Waals surface area contributed by atoms with Crippen LogP contribution in [0.3, 0.4) is 0 Å². The van der Waals surface area contributed by atoms with Crippen molar-refractivity contribution < 1.29 is 9.53 Å². The lowest BCUT2D eigenvalue weighted by Crippen LogP contribution is -2.11. The number of nitrogens with two attached hydrogens (primary N) is 1. The molecule has 0 radical (unpaired) electrons. The highest BCUT2D eigenvalue weighted by Gasteiger charge is 2.07. The molecule has 0 bridgehead atoms. The molecule has 0 aliphatic rings. The van der Waals surface area contributed by atoms with Crippen molar-refractivity contribution in [2.24, 2.45) is 5.73 Å². The van der Waals surface area contributed by atoms with Gasteiger partial charge in [-0.3, -0.25) is 9.78 Å². The van der Waals surface area contributed by atoms with Gasteiger partial charge in [0.15, 0.2) is 0 Å². The molecule has 1 aromatic heterocycles. The van der Waals surface area contributed by atoms with Crippen LogP contribution in [0.25, 0.3) is 0 Å². The molecule has 2 aromatic rings. The predicted octanol–water partition coefficient (Wildman–Crippen LogP) is 2.11. The van der Waals surface area contributed by atoms with E-state index < -0.39 is 5.91 Å². The average molecular weight is 271 g/mol. The molecule has 20 heavy (non-hydrogen) atoms. The minimum Gasteiger partial charge on any atom is -0.495 e. The summed E-state index contributed by atoms with van der Waals surface area (Å²) in [4.78, 5) is 15.4. The molecule has 104 valence electrons. The van der Waals surface area contributed by atoms with Crippen molar-refractivity contribution >= 4 is 11.6 Å². The number of hydrogen-bond donors (Lipinski definition) is 2. The number of primary amides is 1. The molecule has 0 spiro atoms. The molecule has 1 heterocycles. The highest BCUT2D eigenvalue weighted by atomic mass is 16.5. The average Bonchev–Trinajstić information content (AvgIpc) is 2.46. The zero-order valence-corrected chi connectivity index (χ0v) is 11.5. The normalized spacial score (nSPS) is 10.1. The summed E-state index contributed by atoms with van der Waals surface area (Å²) >= 11 is 0. The molecule has 0 aliphatic heterocycles. The maximum absolute atomic E-state index is 11.2. The fourth-order valence-electron chi connectivity index (χ4n) is 1.80. The van der Waals surface area contributed by atoms with Crippen LogP contribution in [0, 0.1) is 6.92 Å². The van der Waals surface area contributed by atoms with E-state index in [-0.39, 0.29) is 0 Å². The van der Waals surface area contributed by atoms with E-state index in [1.54, 1.807) is 25.3 Å². The number of aromatic nitrogens is 1. The Kier molecular flexibility index (Phi) is 4.20. The molecule has 3 N–H and O–H groups in total. The Morgan fingerprint density at radius 1 is 1.35 bits per heavy atom. The monoisotopic (exact) mass is 271 g/mol. The Balaban J connectivity index is 2.16. The largest absolute Gasteiger partial charge is 0.495 e. The maximum atomic E-state index is 11.2. The van der Waals surface area contributed by atoms with E-state index in [1.807, 2.05) is 25.3 Å². The summed E-state index contributed by atoms with van der Waals surface area (Å²) < 4.78 is 5.26. The number of aryl methyl sites for hydroxylation is 1. The van der Waals surface area contributed by atoms with Crippen LogP contribution in [-0.4, -0.2) is 18.0 Å². The second kappa shape index (κ2) is 6.06. The van der Waals surface area contributed by atoms with Crippen LogP contribution in [-0.2, 0) is 6.54 Å². The van der Waals surface area contributed by atoms with Crippen molar-refractivity contribution in [2.75, 3.05) is 12.4 Å². The standard InChI is InChI=1S/C15H17N3O2/c1-10-3-4-11(8-17-10)9-18-13-7-12(15(16)19)5-6-14(13)20-2/h3-8,18H,9H2,1-2H3,(H2,16,19). The van der Waals surface area contributed by atoms with Crippen molar-refractivity contribution in [1.29, 1.82) is 0 Å². The molecule has 5 nitrogen and oxygen atoms in total. The van der Waals surface area contributed by atoms with Crippen molar-refractivity contribution in [1.82, 2.24) is 4.98 Å². The van der Waals surface area contributed by atoms with Gasteiger partial charge in [0.05, 0.1) is 12.8 Å². The Morgan fingerprint density at radius 2 is 2.15 bits per heavy atom. The summed E-state index contributed by atoms with van der Waals surface area (Å²) in [6.45, 7) is 2.53. The Morgan fingerprint density at radius 3 is 2.75 bits per heavy atom. The number of carbonyl (C=O) groups excluding carboxylic acids is 1. The quantitative estimate of drug-likeness (QED) is 0.873. The van der Waals surface area contributed by atoms with Gasteiger partial charge in [-0.05, 0) is 36.8 Å². The topological polar surface area (TPSA) is 77.2 Å². The van der Waals surface area contributed by atoms with Crippen molar-refractivity contribution in [3.8, 4) is 5.75 Å². The first-order valence-electron chi connectivity index (χ1n) is 6.23. The summed E-state index contributed by atoms with van der Waals surface area (Å²) in [6.07, 6.45) is 1.81. The molecule has 0 unspecified atom stereocenters. The summed E-state index contributed by atoms with van der Waals surface area (Å²) in [6, 6.07) is 8.99. The van der Waals surface area contributed by atoms with Gasteiger partial charge in [0.1, 0.15) is 5.75 Å². The fraction of sp³-hybridized carbons (Fsp3) is 0.200. The number of anilines is 1. The van der Waals surface area contributed by atoms with Crippen LogP contribution >= 0.6 is 0 Å².